The highest BCUT2D eigenvalue weighted by molar-refractivity contribution is 5.99. The summed E-state index contributed by atoms with van der Waals surface area (Å²) < 4.78 is 17.6. The van der Waals surface area contributed by atoms with Crippen molar-refractivity contribution in [3.05, 3.63) is 54.2 Å². The minimum absolute atomic E-state index is 0.406. The van der Waals surface area contributed by atoms with Crippen LogP contribution in [0.3, 0.4) is 0 Å². The number of anilines is 1. The number of piperidine rings is 1. The molecule has 0 N–H and O–H groups in total. The molecule has 2 fully saturated rings. The maximum Gasteiger partial charge on any atom is 0.171 e. The molecule has 1 spiro atoms. The summed E-state index contributed by atoms with van der Waals surface area (Å²) in [5.74, 6) is 0.427. The van der Waals surface area contributed by atoms with Crippen LogP contribution in [0.4, 0.5) is 5.69 Å². The number of hydrogen-bond acceptors (Lipinski definition) is 6. The summed E-state index contributed by atoms with van der Waals surface area (Å²) >= 11 is 0. The summed E-state index contributed by atoms with van der Waals surface area (Å²) in [7, 11) is 1.71. The van der Waals surface area contributed by atoms with E-state index in [0.717, 1.165) is 59.4 Å². The molecule has 3 heterocycles. The van der Waals surface area contributed by atoms with Gasteiger partial charge in [0.05, 0.1) is 49.4 Å². The Morgan fingerprint density at radius 1 is 1.07 bits per heavy atom. The predicted molar refractivity (Wildman–Crippen MR) is 115 cm³/mol. The first kappa shape index (κ1) is 18.9. The molecule has 1 aromatic heterocycles. The number of benzene rings is 2. The van der Waals surface area contributed by atoms with E-state index in [1.165, 1.54) is 0 Å². The number of fused-ring (bicyclic) bond motifs is 1. The number of pyridine rings is 1. The SMILES string of the molecule is COc1c(N2CCC3(CC2)OCCO3)cnc2c(-c3ccc(C#N)cc3)cccc12. The van der Waals surface area contributed by atoms with Crippen molar-refractivity contribution in [2.75, 3.05) is 38.3 Å². The lowest BCUT2D eigenvalue weighted by Crippen LogP contribution is -2.45. The number of aromatic nitrogens is 1. The molecular weight excluding hydrogens is 378 g/mol. The Hall–Kier alpha value is -3.14. The lowest BCUT2D eigenvalue weighted by Gasteiger charge is -2.39. The predicted octanol–water partition coefficient (Wildman–Crippen LogP) is 4.13. The van der Waals surface area contributed by atoms with E-state index in [0.29, 0.717) is 18.8 Å². The molecule has 3 aromatic rings. The Balaban J connectivity index is 1.51. The number of nitriles is 1. The van der Waals surface area contributed by atoms with Crippen molar-refractivity contribution in [2.24, 2.45) is 0 Å². The lowest BCUT2D eigenvalue weighted by atomic mass is 9.99. The van der Waals surface area contributed by atoms with Gasteiger partial charge in [-0.15, -0.1) is 0 Å². The van der Waals surface area contributed by atoms with Crippen LogP contribution in [0, 0.1) is 11.3 Å². The van der Waals surface area contributed by atoms with Gasteiger partial charge in [0.2, 0.25) is 0 Å². The summed E-state index contributed by atoms with van der Waals surface area (Å²) in [6.07, 6.45) is 3.57. The fraction of sp³-hybridized carbons (Fsp3) is 0.333. The first-order valence-corrected chi connectivity index (χ1v) is 10.2. The van der Waals surface area contributed by atoms with Crippen LogP contribution in [-0.2, 0) is 9.47 Å². The fourth-order valence-corrected chi connectivity index (χ4v) is 4.46. The third-order valence-corrected chi connectivity index (χ3v) is 6.04. The van der Waals surface area contributed by atoms with Gasteiger partial charge < -0.3 is 19.1 Å². The molecular formula is C24H23N3O3. The molecule has 30 heavy (non-hydrogen) atoms. The highest BCUT2D eigenvalue weighted by Gasteiger charge is 2.40. The third kappa shape index (κ3) is 3.17. The molecule has 2 aliphatic rings. The zero-order valence-corrected chi connectivity index (χ0v) is 16.9. The zero-order chi connectivity index (χ0) is 20.6. The highest BCUT2D eigenvalue weighted by atomic mass is 16.7. The van der Waals surface area contributed by atoms with Gasteiger partial charge in [-0.25, -0.2) is 0 Å². The maximum absolute atomic E-state index is 9.06. The van der Waals surface area contributed by atoms with Gasteiger partial charge >= 0.3 is 0 Å². The normalized spacial score (nSPS) is 17.9. The van der Waals surface area contributed by atoms with Crippen LogP contribution in [0.1, 0.15) is 18.4 Å². The molecule has 0 amide bonds. The van der Waals surface area contributed by atoms with Crippen LogP contribution in [0.2, 0.25) is 0 Å². The number of ether oxygens (including phenoxy) is 3. The molecule has 0 radical (unpaired) electrons. The second kappa shape index (κ2) is 7.60. The van der Waals surface area contributed by atoms with Crippen molar-refractivity contribution in [1.82, 2.24) is 4.98 Å². The van der Waals surface area contributed by atoms with Crippen molar-refractivity contribution < 1.29 is 14.2 Å². The Labute approximate surface area is 175 Å². The molecule has 2 aromatic carbocycles. The van der Waals surface area contributed by atoms with Crippen LogP contribution in [-0.4, -0.2) is 44.2 Å². The molecule has 0 unspecified atom stereocenters. The minimum Gasteiger partial charge on any atom is -0.494 e. The summed E-state index contributed by atoms with van der Waals surface area (Å²) in [6, 6.07) is 15.9. The van der Waals surface area contributed by atoms with Crippen molar-refractivity contribution >= 4 is 16.6 Å². The molecule has 152 valence electrons. The quantitative estimate of drug-likeness (QED) is 0.658. The average molecular weight is 401 g/mol. The summed E-state index contributed by atoms with van der Waals surface area (Å²) in [6.45, 7) is 3.02. The van der Waals surface area contributed by atoms with Crippen LogP contribution >= 0.6 is 0 Å². The minimum atomic E-state index is -0.406. The molecule has 0 aliphatic carbocycles. The van der Waals surface area contributed by atoms with Crippen LogP contribution in [0.15, 0.2) is 48.7 Å². The van der Waals surface area contributed by atoms with Gasteiger partial charge in [-0.05, 0) is 23.8 Å². The van der Waals surface area contributed by atoms with Gasteiger partial charge in [0.25, 0.3) is 0 Å². The fourth-order valence-electron chi connectivity index (χ4n) is 4.46. The largest absolute Gasteiger partial charge is 0.494 e. The standard InChI is InChI=1S/C24H23N3O3/c1-28-23-20-4-2-3-19(18-7-5-17(15-25)6-8-18)22(20)26-16-21(23)27-11-9-24(10-12-27)29-13-14-30-24/h2-8,16H,9-14H2,1H3. The summed E-state index contributed by atoms with van der Waals surface area (Å²) in [5, 5.41) is 10.0. The van der Waals surface area contributed by atoms with Crippen molar-refractivity contribution in [3.63, 3.8) is 0 Å². The van der Waals surface area contributed by atoms with Gasteiger partial charge in [-0.1, -0.05) is 24.3 Å². The third-order valence-electron chi connectivity index (χ3n) is 6.04. The van der Waals surface area contributed by atoms with E-state index in [1.54, 1.807) is 7.11 Å². The molecule has 0 saturated carbocycles. The van der Waals surface area contributed by atoms with Gasteiger partial charge in [0.15, 0.2) is 11.5 Å². The van der Waals surface area contributed by atoms with Crippen molar-refractivity contribution in [3.8, 4) is 22.9 Å². The molecule has 6 nitrogen and oxygen atoms in total. The zero-order valence-electron chi connectivity index (χ0n) is 16.9. The molecule has 2 saturated heterocycles. The summed E-state index contributed by atoms with van der Waals surface area (Å²) in [5.41, 5.74) is 4.57. The van der Waals surface area contributed by atoms with Crippen LogP contribution in [0.25, 0.3) is 22.0 Å². The first-order chi connectivity index (χ1) is 14.7. The van der Waals surface area contributed by atoms with E-state index in [-0.39, 0.29) is 0 Å². The summed E-state index contributed by atoms with van der Waals surface area (Å²) in [4.78, 5) is 7.13. The average Bonchev–Trinajstić information content (AvgIpc) is 3.26. The van der Waals surface area contributed by atoms with E-state index >= 15 is 0 Å². The Bertz CT molecular complexity index is 1100. The van der Waals surface area contributed by atoms with Gasteiger partial charge in [-0.3, -0.25) is 4.98 Å². The molecule has 2 aliphatic heterocycles. The van der Waals surface area contributed by atoms with Crippen LogP contribution in [0.5, 0.6) is 5.75 Å². The second-order valence-electron chi connectivity index (χ2n) is 7.66. The second-order valence-corrected chi connectivity index (χ2v) is 7.66. The van der Waals surface area contributed by atoms with Crippen molar-refractivity contribution in [1.29, 1.82) is 5.26 Å². The molecule has 0 bridgehead atoms. The van der Waals surface area contributed by atoms with Gasteiger partial charge in [0.1, 0.15) is 0 Å². The van der Waals surface area contributed by atoms with E-state index in [9.17, 15) is 0 Å². The Kier molecular flexibility index (Phi) is 4.78. The van der Waals surface area contributed by atoms with E-state index in [2.05, 4.69) is 17.0 Å². The van der Waals surface area contributed by atoms with Crippen LogP contribution < -0.4 is 9.64 Å². The number of para-hydroxylation sites is 1. The van der Waals surface area contributed by atoms with Gasteiger partial charge in [0, 0.05) is 36.9 Å². The first-order valence-electron chi connectivity index (χ1n) is 10.2. The lowest BCUT2D eigenvalue weighted by molar-refractivity contribution is -0.169. The topological polar surface area (TPSA) is 67.6 Å². The van der Waals surface area contributed by atoms with Gasteiger partial charge in [-0.2, -0.15) is 5.26 Å². The molecule has 5 rings (SSSR count). The molecule has 0 atom stereocenters. The number of hydrogen-bond donors (Lipinski definition) is 0. The molecule has 6 heteroatoms. The Morgan fingerprint density at radius 2 is 1.80 bits per heavy atom. The highest BCUT2D eigenvalue weighted by Crippen LogP contribution is 2.41. The smallest absolute Gasteiger partial charge is 0.171 e. The van der Waals surface area contributed by atoms with E-state index < -0.39 is 5.79 Å². The van der Waals surface area contributed by atoms with Crippen molar-refractivity contribution in [2.45, 2.75) is 18.6 Å². The number of nitrogens with zero attached hydrogens (tertiary/aromatic N) is 3. The number of methoxy groups -OCH3 is 1. The number of rotatable bonds is 3. The maximum atomic E-state index is 9.06. The van der Waals surface area contributed by atoms with E-state index in [1.807, 2.05) is 42.6 Å². The Morgan fingerprint density at radius 3 is 2.47 bits per heavy atom. The van der Waals surface area contributed by atoms with E-state index in [4.69, 9.17) is 24.5 Å². The monoisotopic (exact) mass is 401 g/mol.